The standard InChI is InChI=1S/C20H21ClN4O3S/c1-12-3-4-13(2)16(11-12)22-17(26)9-10-18(27)24-25-20(29)23-19(28)14-5-7-15(21)8-6-14/h3-8,11H,9-10H2,1-2H3,(H,22,26)(H,24,27)(H2,23,25,28,29). The van der Waals surface area contributed by atoms with E-state index in [-0.39, 0.29) is 23.9 Å². The van der Waals surface area contributed by atoms with Crippen molar-refractivity contribution in [1.82, 2.24) is 16.2 Å². The Bertz CT molecular complexity index is 932. The van der Waals surface area contributed by atoms with Gasteiger partial charge in [-0.3, -0.25) is 30.6 Å². The zero-order valence-electron chi connectivity index (χ0n) is 16.0. The lowest BCUT2D eigenvalue weighted by Crippen LogP contribution is -2.48. The lowest BCUT2D eigenvalue weighted by molar-refractivity contribution is -0.124. The third-order valence-electron chi connectivity index (χ3n) is 3.90. The Kier molecular flexibility index (Phi) is 8.11. The zero-order chi connectivity index (χ0) is 21.4. The summed E-state index contributed by atoms with van der Waals surface area (Å²) >= 11 is 10.7. The van der Waals surface area contributed by atoms with Gasteiger partial charge < -0.3 is 5.32 Å². The van der Waals surface area contributed by atoms with Gasteiger partial charge in [0.1, 0.15) is 0 Å². The first-order valence-electron chi connectivity index (χ1n) is 8.77. The van der Waals surface area contributed by atoms with Gasteiger partial charge in [-0.05, 0) is 67.5 Å². The molecule has 7 nitrogen and oxygen atoms in total. The second-order valence-electron chi connectivity index (χ2n) is 6.33. The van der Waals surface area contributed by atoms with E-state index in [1.165, 1.54) is 0 Å². The highest BCUT2D eigenvalue weighted by atomic mass is 35.5. The number of amides is 3. The Morgan fingerprint density at radius 3 is 2.28 bits per heavy atom. The smallest absolute Gasteiger partial charge is 0.257 e. The first-order chi connectivity index (χ1) is 13.7. The van der Waals surface area contributed by atoms with E-state index in [1.54, 1.807) is 24.3 Å². The van der Waals surface area contributed by atoms with Crippen molar-refractivity contribution in [3.05, 3.63) is 64.2 Å². The summed E-state index contributed by atoms with van der Waals surface area (Å²) in [6, 6.07) is 12.0. The summed E-state index contributed by atoms with van der Waals surface area (Å²) in [6.45, 7) is 3.83. The largest absolute Gasteiger partial charge is 0.326 e. The van der Waals surface area contributed by atoms with E-state index >= 15 is 0 Å². The number of halogens is 1. The minimum absolute atomic E-state index is 0.00475. The number of nitrogens with one attached hydrogen (secondary N) is 4. The molecule has 0 saturated carbocycles. The molecule has 4 N–H and O–H groups in total. The SMILES string of the molecule is Cc1ccc(C)c(NC(=O)CCC(=O)NNC(=S)NC(=O)c2ccc(Cl)cc2)c1. The molecule has 2 aromatic rings. The maximum atomic E-state index is 12.0. The Morgan fingerprint density at radius 1 is 0.931 bits per heavy atom. The fraction of sp³-hybridized carbons (Fsp3) is 0.200. The van der Waals surface area contributed by atoms with Gasteiger partial charge in [0.25, 0.3) is 5.91 Å². The van der Waals surface area contributed by atoms with Gasteiger partial charge in [-0.15, -0.1) is 0 Å². The predicted octanol–water partition coefficient (Wildman–Crippen LogP) is 3.01. The summed E-state index contributed by atoms with van der Waals surface area (Å²) in [5, 5.41) is 5.65. The van der Waals surface area contributed by atoms with Gasteiger partial charge in [0.2, 0.25) is 11.8 Å². The number of hydrogen-bond acceptors (Lipinski definition) is 4. The molecular weight excluding hydrogens is 412 g/mol. The second kappa shape index (κ2) is 10.5. The van der Waals surface area contributed by atoms with Crippen LogP contribution in [0.25, 0.3) is 0 Å². The molecule has 0 bridgehead atoms. The number of anilines is 1. The molecule has 152 valence electrons. The lowest BCUT2D eigenvalue weighted by Gasteiger charge is -2.11. The maximum Gasteiger partial charge on any atom is 0.257 e. The Balaban J connectivity index is 1.71. The number of hydrazine groups is 1. The highest BCUT2D eigenvalue weighted by Gasteiger charge is 2.11. The normalized spacial score (nSPS) is 10.0. The second-order valence-corrected chi connectivity index (χ2v) is 7.17. The van der Waals surface area contributed by atoms with Crippen molar-refractivity contribution in [2.24, 2.45) is 0 Å². The van der Waals surface area contributed by atoms with Gasteiger partial charge in [-0.1, -0.05) is 23.7 Å². The average Bonchev–Trinajstić information content (AvgIpc) is 2.68. The highest BCUT2D eigenvalue weighted by Crippen LogP contribution is 2.16. The molecule has 0 saturated heterocycles. The average molecular weight is 433 g/mol. The van der Waals surface area contributed by atoms with Gasteiger partial charge in [-0.25, -0.2) is 0 Å². The van der Waals surface area contributed by atoms with E-state index in [0.717, 1.165) is 16.8 Å². The minimum Gasteiger partial charge on any atom is -0.326 e. The molecule has 0 aliphatic rings. The summed E-state index contributed by atoms with van der Waals surface area (Å²) < 4.78 is 0. The van der Waals surface area contributed by atoms with Crippen LogP contribution in [0.4, 0.5) is 5.69 Å². The van der Waals surface area contributed by atoms with Gasteiger partial charge in [0.15, 0.2) is 5.11 Å². The van der Waals surface area contributed by atoms with Gasteiger partial charge in [0, 0.05) is 29.1 Å². The summed E-state index contributed by atoms with van der Waals surface area (Å²) in [6.07, 6.45) is -0.0395. The Morgan fingerprint density at radius 2 is 1.59 bits per heavy atom. The fourth-order valence-electron chi connectivity index (χ4n) is 2.31. The van der Waals surface area contributed by atoms with E-state index in [0.29, 0.717) is 10.6 Å². The molecule has 3 amide bonds. The van der Waals surface area contributed by atoms with Crippen LogP contribution in [0.3, 0.4) is 0 Å². The Labute approximate surface area is 179 Å². The van der Waals surface area contributed by atoms with Gasteiger partial charge >= 0.3 is 0 Å². The molecule has 0 atom stereocenters. The van der Waals surface area contributed by atoms with Crippen molar-refractivity contribution >= 4 is 52.3 Å². The van der Waals surface area contributed by atoms with E-state index in [2.05, 4.69) is 21.5 Å². The Hall–Kier alpha value is -2.97. The van der Waals surface area contributed by atoms with Crippen LogP contribution in [0.2, 0.25) is 5.02 Å². The maximum absolute atomic E-state index is 12.0. The van der Waals surface area contributed by atoms with Crippen molar-refractivity contribution in [2.75, 3.05) is 5.32 Å². The van der Waals surface area contributed by atoms with Crippen LogP contribution in [0.1, 0.15) is 34.3 Å². The molecule has 0 heterocycles. The number of carbonyl (C=O) groups is 3. The topological polar surface area (TPSA) is 99.3 Å². The number of thiocarbonyl (C=S) groups is 1. The van der Waals surface area contributed by atoms with Crippen LogP contribution >= 0.6 is 23.8 Å². The molecule has 2 aromatic carbocycles. The van der Waals surface area contributed by atoms with Gasteiger partial charge in [-0.2, -0.15) is 0 Å². The summed E-state index contributed by atoms with van der Waals surface area (Å²) in [5.74, 6) is -1.15. The number of carbonyl (C=O) groups excluding carboxylic acids is 3. The lowest BCUT2D eigenvalue weighted by atomic mass is 10.1. The van der Waals surface area contributed by atoms with Crippen molar-refractivity contribution in [2.45, 2.75) is 26.7 Å². The van der Waals surface area contributed by atoms with Crippen molar-refractivity contribution in [3.8, 4) is 0 Å². The predicted molar refractivity (Wildman–Crippen MR) is 117 cm³/mol. The molecule has 2 rings (SSSR count). The van der Waals surface area contributed by atoms with E-state index in [4.69, 9.17) is 23.8 Å². The van der Waals surface area contributed by atoms with E-state index < -0.39 is 11.8 Å². The molecule has 0 aliphatic carbocycles. The molecule has 0 radical (unpaired) electrons. The number of rotatable bonds is 5. The van der Waals surface area contributed by atoms with Gasteiger partial charge in [0.05, 0.1) is 0 Å². The number of hydrogen-bond donors (Lipinski definition) is 4. The van der Waals surface area contributed by atoms with Crippen molar-refractivity contribution < 1.29 is 14.4 Å². The molecule has 0 aliphatic heterocycles. The third kappa shape index (κ3) is 7.52. The highest BCUT2D eigenvalue weighted by molar-refractivity contribution is 7.80. The minimum atomic E-state index is -0.443. The van der Waals surface area contributed by atoms with Crippen LogP contribution in [-0.2, 0) is 9.59 Å². The van der Waals surface area contributed by atoms with E-state index in [1.807, 2.05) is 32.0 Å². The molecule has 0 fully saturated rings. The molecule has 9 heteroatoms. The molecule has 0 spiro atoms. The molecule has 29 heavy (non-hydrogen) atoms. The summed E-state index contributed by atoms with van der Waals surface area (Å²) in [7, 11) is 0. The van der Waals surface area contributed by atoms with Crippen molar-refractivity contribution in [3.63, 3.8) is 0 Å². The molecule has 0 unspecified atom stereocenters. The summed E-state index contributed by atoms with van der Waals surface area (Å²) in [5.41, 5.74) is 7.83. The van der Waals surface area contributed by atoms with Crippen molar-refractivity contribution in [1.29, 1.82) is 0 Å². The van der Waals surface area contributed by atoms with Crippen LogP contribution in [0, 0.1) is 13.8 Å². The first-order valence-corrected chi connectivity index (χ1v) is 9.56. The molecular formula is C20H21ClN4O3S. The third-order valence-corrected chi connectivity index (χ3v) is 4.35. The summed E-state index contributed by atoms with van der Waals surface area (Å²) in [4.78, 5) is 35.9. The zero-order valence-corrected chi connectivity index (χ0v) is 17.5. The van der Waals surface area contributed by atoms with Crippen LogP contribution in [0.5, 0.6) is 0 Å². The van der Waals surface area contributed by atoms with Crippen LogP contribution in [-0.4, -0.2) is 22.8 Å². The number of benzene rings is 2. The fourth-order valence-corrected chi connectivity index (χ4v) is 2.58. The van der Waals surface area contributed by atoms with Crippen LogP contribution in [0.15, 0.2) is 42.5 Å². The van der Waals surface area contributed by atoms with E-state index in [9.17, 15) is 14.4 Å². The molecule has 0 aromatic heterocycles. The first kappa shape index (κ1) is 22.3. The quantitative estimate of drug-likeness (QED) is 0.430. The number of aryl methyl sites for hydroxylation is 2. The van der Waals surface area contributed by atoms with Crippen LogP contribution < -0.4 is 21.5 Å². The monoisotopic (exact) mass is 432 g/mol.